The molecule has 0 fully saturated rings. The van der Waals surface area contributed by atoms with Crippen LogP contribution in [-0.2, 0) is 6.42 Å². The maximum absolute atomic E-state index is 13.8. The molecule has 1 aliphatic rings. The van der Waals surface area contributed by atoms with Crippen LogP contribution in [0.4, 0.5) is 20.3 Å². The molecule has 0 amide bonds. The minimum absolute atomic E-state index is 0.0847. The van der Waals surface area contributed by atoms with Crippen LogP contribution in [0.3, 0.4) is 0 Å². The van der Waals surface area contributed by atoms with Gasteiger partial charge in [0.15, 0.2) is 5.82 Å². The van der Waals surface area contributed by atoms with Crippen LogP contribution in [0.15, 0.2) is 36.4 Å². The van der Waals surface area contributed by atoms with Crippen LogP contribution in [0.5, 0.6) is 0 Å². The minimum Gasteiger partial charge on any atom is -0.336 e. The van der Waals surface area contributed by atoms with Crippen molar-refractivity contribution in [2.75, 3.05) is 5.32 Å². The van der Waals surface area contributed by atoms with Gasteiger partial charge in [-0.25, -0.2) is 8.78 Å². The van der Waals surface area contributed by atoms with Gasteiger partial charge in [-0.1, -0.05) is 17.7 Å². The summed E-state index contributed by atoms with van der Waals surface area (Å²) in [5.74, 6) is -0.465. The van der Waals surface area contributed by atoms with E-state index >= 15 is 0 Å². The van der Waals surface area contributed by atoms with E-state index in [9.17, 15) is 8.78 Å². The molecule has 5 heteroatoms. The normalized spacial score (nSPS) is 12.1. The number of anilines is 2. The molecule has 3 nitrogen and oxygen atoms in total. The number of H-pyrrole nitrogens is 1. The number of nitrogens with one attached hydrogen (secondary N) is 2. The Bertz CT molecular complexity index is 884. The Morgan fingerprint density at radius 2 is 2.00 bits per heavy atom. The zero-order valence-electron chi connectivity index (χ0n) is 11.9. The Morgan fingerprint density at radius 1 is 1.14 bits per heavy atom. The van der Waals surface area contributed by atoms with Crippen molar-refractivity contribution < 1.29 is 8.78 Å². The Balaban J connectivity index is 1.73. The zero-order valence-corrected chi connectivity index (χ0v) is 11.9. The first-order valence-electron chi connectivity index (χ1n) is 7.01. The first kappa shape index (κ1) is 13.0. The van der Waals surface area contributed by atoms with Crippen molar-refractivity contribution in [3.8, 4) is 11.3 Å². The zero-order chi connectivity index (χ0) is 15.3. The third-order valence-corrected chi connectivity index (χ3v) is 3.95. The number of benzene rings is 2. The molecule has 22 heavy (non-hydrogen) atoms. The lowest BCUT2D eigenvalue weighted by Gasteiger charge is -2.06. The van der Waals surface area contributed by atoms with Crippen molar-refractivity contribution in [2.24, 2.45) is 0 Å². The molecule has 0 saturated heterocycles. The molecule has 0 spiro atoms. The molecule has 1 aromatic heterocycles. The molecule has 0 unspecified atom stereocenters. The van der Waals surface area contributed by atoms with Crippen LogP contribution >= 0.6 is 0 Å². The van der Waals surface area contributed by atoms with Crippen LogP contribution in [0.1, 0.15) is 16.7 Å². The van der Waals surface area contributed by atoms with Crippen molar-refractivity contribution in [3.63, 3.8) is 0 Å². The van der Waals surface area contributed by atoms with Crippen LogP contribution in [0, 0.1) is 18.6 Å². The SMILES string of the molecule is Cc1ccc2c(c1)-c1[nH]nc(Nc3cc(F)ccc3F)c1C2. The van der Waals surface area contributed by atoms with E-state index in [0.29, 0.717) is 5.82 Å². The van der Waals surface area contributed by atoms with Crippen LogP contribution in [-0.4, -0.2) is 10.2 Å². The summed E-state index contributed by atoms with van der Waals surface area (Å²) < 4.78 is 27.0. The largest absolute Gasteiger partial charge is 0.336 e. The van der Waals surface area contributed by atoms with E-state index in [1.54, 1.807) is 0 Å². The highest BCUT2D eigenvalue weighted by Crippen LogP contribution is 2.39. The number of hydrogen-bond acceptors (Lipinski definition) is 2. The molecule has 2 N–H and O–H groups in total. The summed E-state index contributed by atoms with van der Waals surface area (Å²) in [6.07, 6.45) is 0.723. The van der Waals surface area contributed by atoms with Crippen molar-refractivity contribution in [2.45, 2.75) is 13.3 Å². The smallest absolute Gasteiger partial charge is 0.156 e. The van der Waals surface area contributed by atoms with Gasteiger partial charge in [0.1, 0.15) is 11.6 Å². The number of fused-ring (bicyclic) bond motifs is 3. The van der Waals surface area contributed by atoms with Gasteiger partial charge >= 0.3 is 0 Å². The second kappa shape index (κ2) is 4.66. The van der Waals surface area contributed by atoms with Gasteiger partial charge in [-0.15, -0.1) is 0 Å². The molecule has 1 aliphatic carbocycles. The van der Waals surface area contributed by atoms with E-state index in [1.165, 1.54) is 11.1 Å². The number of hydrogen-bond donors (Lipinski definition) is 2. The number of rotatable bonds is 2. The Kier molecular flexibility index (Phi) is 2.76. The molecule has 0 bridgehead atoms. The van der Waals surface area contributed by atoms with E-state index in [0.717, 1.165) is 41.4 Å². The summed E-state index contributed by atoms with van der Waals surface area (Å²) in [4.78, 5) is 0. The molecular formula is C17H13F2N3. The van der Waals surface area contributed by atoms with Crippen molar-refractivity contribution in [1.29, 1.82) is 0 Å². The summed E-state index contributed by atoms with van der Waals surface area (Å²) in [6, 6.07) is 9.58. The lowest BCUT2D eigenvalue weighted by molar-refractivity contribution is 0.603. The van der Waals surface area contributed by atoms with Crippen LogP contribution in [0.2, 0.25) is 0 Å². The van der Waals surface area contributed by atoms with Crippen molar-refractivity contribution in [3.05, 3.63) is 64.7 Å². The number of nitrogens with zero attached hydrogens (tertiary/aromatic N) is 1. The average molecular weight is 297 g/mol. The van der Waals surface area contributed by atoms with Crippen molar-refractivity contribution >= 4 is 11.5 Å². The molecule has 3 aromatic rings. The van der Waals surface area contributed by atoms with Crippen LogP contribution < -0.4 is 5.32 Å². The maximum Gasteiger partial charge on any atom is 0.156 e. The highest BCUT2D eigenvalue weighted by atomic mass is 19.1. The number of halogens is 2. The third-order valence-electron chi connectivity index (χ3n) is 3.95. The predicted octanol–water partition coefficient (Wildman–Crippen LogP) is 4.31. The van der Waals surface area contributed by atoms with Gasteiger partial charge < -0.3 is 5.32 Å². The van der Waals surface area contributed by atoms with E-state index in [1.807, 2.05) is 6.92 Å². The van der Waals surface area contributed by atoms with E-state index in [-0.39, 0.29) is 5.69 Å². The molecule has 0 atom stereocenters. The Morgan fingerprint density at radius 3 is 2.86 bits per heavy atom. The van der Waals surface area contributed by atoms with Gasteiger partial charge in [0.2, 0.25) is 0 Å². The van der Waals surface area contributed by atoms with Crippen LogP contribution in [0.25, 0.3) is 11.3 Å². The van der Waals surface area contributed by atoms with Crippen molar-refractivity contribution in [1.82, 2.24) is 10.2 Å². The number of aryl methyl sites for hydroxylation is 1. The number of aromatic amines is 1. The molecular weight excluding hydrogens is 284 g/mol. The van der Waals surface area contributed by atoms with Gasteiger partial charge in [-0.2, -0.15) is 5.10 Å². The lowest BCUT2D eigenvalue weighted by atomic mass is 10.1. The second-order valence-electron chi connectivity index (χ2n) is 5.51. The van der Waals surface area contributed by atoms with Gasteiger partial charge in [0, 0.05) is 23.6 Å². The Labute approximate surface area is 126 Å². The number of aromatic nitrogens is 2. The molecule has 0 saturated carbocycles. The fraction of sp³-hybridized carbons (Fsp3) is 0.118. The molecule has 110 valence electrons. The highest BCUT2D eigenvalue weighted by Gasteiger charge is 2.24. The third kappa shape index (κ3) is 1.97. The molecule has 2 aromatic carbocycles. The lowest BCUT2D eigenvalue weighted by Crippen LogP contribution is -1.98. The molecule has 4 rings (SSSR count). The quantitative estimate of drug-likeness (QED) is 0.579. The average Bonchev–Trinajstić information content (AvgIpc) is 3.03. The molecule has 0 radical (unpaired) electrons. The van der Waals surface area contributed by atoms with Gasteiger partial charge in [0.05, 0.1) is 11.4 Å². The standard InChI is InChI=1S/C17H13F2N3/c1-9-2-3-10-7-13-16(12(10)6-9)21-22-17(13)20-15-8-11(18)4-5-14(15)19/h2-6,8H,7H2,1H3,(H2,20,21,22). The summed E-state index contributed by atoms with van der Waals surface area (Å²) >= 11 is 0. The van der Waals surface area contributed by atoms with E-state index < -0.39 is 11.6 Å². The Hall–Kier alpha value is -2.69. The summed E-state index contributed by atoms with van der Waals surface area (Å²) in [5.41, 5.74) is 5.50. The monoisotopic (exact) mass is 297 g/mol. The predicted molar refractivity (Wildman–Crippen MR) is 81.2 cm³/mol. The summed E-state index contributed by atoms with van der Waals surface area (Å²) in [5, 5.41) is 10.1. The topological polar surface area (TPSA) is 40.7 Å². The summed E-state index contributed by atoms with van der Waals surface area (Å²) in [7, 11) is 0. The highest BCUT2D eigenvalue weighted by molar-refractivity contribution is 5.80. The first-order valence-corrected chi connectivity index (χ1v) is 7.01. The van der Waals surface area contributed by atoms with E-state index in [4.69, 9.17) is 0 Å². The molecule has 1 heterocycles. The second-order valence-corrected chi connectivity index (χ2v) is 5.51. The fourth-order valence-electron chi connectivity index (χ4n) is 2.85. The summed E-state index contributed by atoms with van der Waals surface area (Å²) in [6.45, 7) is 2.04. The maximum atomic E-state index is 13.8. The van der Waals surface area contributed by atoms with Gasteiger partial charge in [-0.05, 0) is 30.7 Å². The van der Waals surface area contributed by atoms with Gasteiger partial charge in [-0.3, -0.25) is 5.10 Å². The molecule has 0 aliphatic heterocycles. The van der Waals surface area contributed by atoms with E-state index in [2.05, 4.69) is 33.7 Å². The minimum atomic E-state index is -0.510. The van der Waals surface area contributed by atoms with Gasteiger partial charge in [0.25, 0.3) is 0 Å². The first-order chi connectivity index (χ1) is 10.6. The fourth-order valence-corrected chi connectivity index (χ4v) is 2.85.